The molecule has 4 nitrogen and oxygen atoms in total. The first-order valence-electron chi connectivity index (χ1n) is 13.2. The third-order valence-corrected chi connectivity index (χ3v) is 7.66. The number of pyridine rings is 1. The maximum atomic E-state index is 9.32. The lowest BCUT2D eigenvalue weighted by molar-refractivity contribution is 0.669. The zero-order chi connectivity index (χ0) is 26.6. The number of benzene rings is 5. The molecule has 0 aliphatic carbocycles. The highest BCUT2D eigenvalue weighted by Gasteiger charge is 2.16. The van der Waals surface area contributed by atoms with Crippen LogP contribution in [0.4, 0.5) is 0 Å². The second kappa shape index (κ2) is 8.69. The predicted octanol–water partition coefficient (Wildman–Crippen LogP) is 9.28. The van der Waals surface area contributed by atoms with E-state index >= 15 is 0 Å². The number of aromatic nitrogens is 2. The minimum atomic E-state index is 0.599. The topological polar surface area (TPSA) is 54.8 Å². The van der Waals surface area contributed by atoms with Crippen LogP contribution in [0.1, 0.15) is 5.56 Å². The smallest absolute Gasteiger partial charge is 0.137 e. The Kier molecular flexibility index (Phi) is 4.85. The summed E-state index contributed by atoms with van der Waals surface area (Å²) in [6.07, 6.45) is 1.68. The molecule has 0 saturated carbocycles. The summed E-state index contributed by atoms with van der Waals surface area (Å²) in [5, 5.41) is 14.0. The lowest BCUT2D eigenvalue weighted by Crippen LogP contribution is -1.94. The van der Waals surface area contributed by atoms with Crippen molar-refractivity contribution in [3.05, 3.63) is 133 Å². The highest BCUT2D eigenvalue weighted by Crippen LogP contribution is 2.38. The van der Waals surface area contributed by atoms with Crippen molar-refractivity contribution in [3.8, 4) is 34.1 Å². The molecular weight excluding hydrogens is 490 g/mol. The first kappa shape index (κ1) is 22.3. The summed E-state index contributed by atoms with van der Waals surface area (Å²) in [7, 11) is 0. The summed E-state index contributed by atoms with van der Waals surface area (Å²) in [5.74, 6) is 0. The molecule has 186 valence electrons. The molecule has 0 bridgehead atoms. The van der Waals surface area contributed by atoms with Crippen molar-refractivity contribution in [1.29, 1.82) is 5.26 Å². The molecule has 0 fully saturated rings. The van der Waals surface area contributed by atoms with Gasteiger partial charge in [-0.3, -0.25) is 4.98 Å². The van der Waals surface area contributed by atoms with E-state index in [1.54, 1.807) is 12.3 Å². The van der Waals surface area contributed by atoms with E-state index in [1.165, 1.54) is 10.8 Å². The predicted molar refractivity (Wildman–Crippen MR) is 161 cm³/mol. The molecule has 8 rings (SSSR count). The van der Waals surface area contributed by atoms with Gasteiger partial charge in [0.05, 0.1) is 28.4 Å². The largest absolute Gasteiger partial charge is 0.456 e. The van der Waals surface area contributed by atoms with E-state index in [4.69, 9.17) is 4.42 Å². The fraction of sp³-hybridized carbons (Fsp3) is 0. The van der Waals surface area contributed by atoms with E-state index in [1.807, 2.05) is 30.3 Å². The normalized spacial score (nSPS) is 11.5. The fourth-order valence-corrected chi connectivity index (χ4v) is 5.81. The van der Waals surface area contributed by atoms with Gasteiger partial charge in [0.25, 0.3) is 0 Å². The van der Waals surface area contributed by atoms with Crippen molar-refractivity contribution < 1.29 is 4.42 Å². The SMILES string of the molecule is N#Cc1ccnc(-c2cccc(-c3cccc(-n4c5ccccc5c5cc6c(cc54)oc4ccccc46)c3)c2)c1. The molecule has 0 radical (unpaired) electrons. The molecule has 8 aromatic rings. The summed E-state index contributed by atoms with van der Waals surface area (Å²) >= 11 is 0. The van der Waals surface area contributed by atoms with Gasteiger partial charge in [-0.1, -0.05) is 66.7 Å². The second-order valence-corrected chi connectivity index (χ2v) is 9.99. The number of furan rings is 1. The van der Waals surface area contributed by atoms with Gasteiger partial charge in [0, 0.05) is 45.1 Å². The molecule has 3 heterocycles. The van der Waals surface area contributed by atoms with Crippen molar-refractivity contribution in [3.63, 3.8) is 0 Å². The summed E-state index contributed by atoms with van der Waals surface area (Å²) in [6.45, 7) is 0. The maximum absolute atomic E-state index is 9.32. The highest BCUT2D eigenvalue weighted by molar-refractivity contribution is 6.17. The Hall–Kier alpha value is -5.66. The molecule has 4 heteroatoms. The highest BCUT2D eigenvalue weighted by atomic mass is 16.3. The van der Waals surface area contributed by atoms with Crippen LogP contribution in [-0.4, -0.2) is 9.55 Å². The molecule has 0 aliphatic heterocycles. The fourth-order valence-electron chi connectivity index (χ4n) is 5.81. The molecule has 0 spiro atoms. The van der Waals surface area contributed by atoms with Crippen LogP contribution in [0.3, 0.4) is 0 Å². The quantitative estimate of drug-likeness (QED) is 0.237. The number of hydrogen-bond acceptors (Lipinski definition) is 3. The third kappa shape index (κ3) is 3.42. The van der Waals surface area contributed by atoms with Gasteiger partial charge in [0.2, 0.25) is 0 Å². The van der Waals surface area contributed by atoms with Crippen LogP contribution in [-0.2, 0) is 0 Å². The number of rotatable bonds is 3. The van der Waals surface area contributed by atoms with Gasteiger partial charge in [-0.15, -0.1) is 0 Å². The van der Waals surface area contributed by atoms with E-state index in [9.17, 15) is 5.26 Å². The van der Waals surface area contributed by atoms with Gasteiger partial charge in [-0.05, 0) is 59.7 Å². The van der Waals surface area contributed by atoms with Crippen LogP contribution < -0.4 is 0 Å². The monoisotopic (exact) mass is 511 g/mol. The first-order chi connectivity index (χ1) is 19.8. The van der Waals surface area contributed by atoms with E-state index in [2.05, 4.69) is 101 Å². The van der Waals surface area contributed by atoms with Crippen LogP contribution in [0, 0.1) is 11.3 Å². The molecular formula is C36H21N3O. The molecule has 0 N–H and O–H groups in total. The summed E-state index contributed by atoms with van der Waals surface area (Å²) < 4.78 is 8.59. The van der Waals surface area contributed by atoms with Crippen LogP contribution in [0.5, 0.6) is 0 Å². The van der Waals surface area contributed by atoms with Crippen molar-refractivity contribution in [1.82, 2.24) is 9.55 Å². The standard InChI is InChI=1S/C36H21N3O/c37-22-23-15-16-38-32(17-23)26-9-5-7-24(18-26)25-8-6-10-27(19-25)39-33-13-3-1-11-28(33)30-20-31-29-12-2-4-14-35(29)40-36(31)21-34(30)39/h1-21H. The number of nitrogens with zero attached hydrogens (tertiary/aromatic N) is 3. The molecule has 5 aromatic carbocycles. The van der Waals surface area contributed by atoms with Crippen molar-refractivity contribution in [2.75, 3.05) is 0 Å². The summed E-state index contributed by atoms with van der Waals surface area (Å²) in [4.78, 5) is 4.50. The van der Waals surface area contributed by atoms with Crippen molar-refractivity contribution >= 4 is 43.7 Å². The molecule has 0 atom stereocenters. The van der Waals surface area contributed by atoms with Crippen LogP contribution in [0.2, 0.25) is 0 Å². The van der Waals surface area contributed by atoms with Gasteiger partial charge in [-0.2, -0.15) is 5.26 Å². The zero-order valence-electron chi connectivity index (χ0n) is 21.4. The molecule has 0 aliphatic rings. The summed E-state index contributed by atoms with van der Waals surface area (Å²) in [6, 6.07) is 43.9. The van der Waals surface area contributed by atoms with Crippen molar-refractivity contribution in [2.45, 2.75) is 0 Å². The molecule has 0 unspecified atom stereocenters. The molecule has 40 heavy (non-hydrogen) atoms. The Balaban J connectivity index is 1.32. The van der Waals surface area contributed by atoms with Gasteiger partial charge < -0.3 is 8.98 Å². The van der Waals surface area contributed by atoms with Crippen molar-refractivity contribution in [2.24, 2.45) is 0 Å². The van der Waals surface area contributed by atoms with Gasteiger partial charge >= 0.3 is 0 Å². The van der Waals surface area contributed by atoms with E-state index in [-0.39, 0.29) is 0 Å². The zero-order valence-corrected chi connectivity index (χ0v) is 21.4. The average molecular weight is 512 g/mol. The van der Waals surface area contributed by atoms with Gasteiger partial charge in [0.1, 0.15) is 11.2 Å². The Labute approximate surface area is 230 Å². The Morgan fingerprint density at radius 1 is 0.575 bits per heavy atom. The first-order valence-corrected chi connectivity index (χ1v) is 13.2. The summed E-state index contributed by atoms with van der Waals surface area (Å²) in [5.41, 5.74) is 9.67. The van der Waals surface area contributed by atoms with Crippen LogP contribution >= 0.6 is 0 Å². The number of fused-ring (bicyclic) bond motifs is 6. The minimum absolute atomic E-state index is 0.599. The third-order valence-electron chi connectivity index (χ3n) is 7.66. The van der Waals surface area contributed by atoms with E-state index in [0.29, 0.717) is 5.56 Å². The van der Waals surface area contributed by atoms with E-state index in [0.717, 1.165) is 61.0 Å². The molecule has 0 saturated heterocycles. The number of nitriles is 1. The number of hydrogen-bond donors (Lipinski definition) is 0. The Morgan fingerprint density at radius 3 is 2.25 bits per heavy atom. The number of para-hydroxylation sites is 2. The maximum Gasteiger partial charge on any atom is 0.137 e. The lowest BCUT2D eigenvalue weighted by atomic mass is 10.0. The second-order valence-electron chi connectivity index (χ2n) is 9.99. The van der Waals surface area contributed by atoms with E-state index < -0.39 is 0 Å². The van der Waals surface area contributed by atoms with Crippen LogP contribution in [0.15, 0.2) is 132 Å². The lowest BCUT2D eigenvalue weighted by Gasteiger charge is -2.11. The van der Waals surface area contributed by atoms with Gasteiger partial charge in [-0.25, -0.2) is 0 Å². The molecule has 0 amide bonds. The minimum Gasteiger partial charge on any atom is -0.456 e. The Bertz CT molecular complexity index is 2300. The van der Waals surface area contributed by atoms with Crippen LogP contribution in [0.25, 0.3) is 71.8 Å². The van der Waals surface area contributed by atoms with Gasteiger partial charge in [0.15, 0.2) is 0 Å². The molecule has 3 aromatic heterocycles. The average Bonchev–Trinajstić information content (AvgIpc) is 3.55. The Morgan fingerprint density at radius 2 is 1.35 bits per heavy atom.